The molecule has 5 heteroatoms. The Hall–Kier alpha value is 0.520. The molecule has 0 saturated carbocycles. The first-order valence-corrected chi connectivity index (χ1v) is 4.97. The van der Waals surface area contributed by atoms with Crippen LogP contribution in [0, 0.1) is 0 Å². The predicted molar refractivity (Wildman–Crippen MR) is 47.7 cm³/mol. The van der Waals surface area contributed by atoms with E-state index in [1.54, 1.807) is 18.4 Å². The molecule has 1 aromatic carbocycles. The Balaban J connectivity index is 0.00000121. The average molecular weight is 211 g/mol. The quantitative estimate of drug-likeness (QED) is 0.435. The van der Waals surface area contributed by atoms with Gasteiger partial charge in [0.25, 0.3) is 0 Å². The van der Waals surface area contributed by atoms with Gasteiger partial charge in [-0.3, -0.25) is 4.21 Å². The zero-order valence-corrected chi connectivity index (χ0v) is 10.7. The Bertz CT molecular complexity index is 301. The minimum atomic E-state index is -1.04. The minimum Gasteiger partial charge on any atom is -0.507 e. The zero-order chi connectivity index (χ0) is 8.43. The third kappa shape index (κ3) is 3.11. The van der Waals surface area contributed by atoms with Crippen LogP contribution in [-0.4, -0.2) is 15.6 Å². The molecule has 0 aliphatic heterocycles. The van der Waals surface area contributed by atoms with E-state index in [0.717, 1.165) is 0 Å². The van der Waals surface area contributed by atoms with Gasteiger partial charge >= 0.3 is 29.6 Å². The van der Waals surface area contributed by atoms with Gasteiger partial charge in [0.1, 0.15) is 5.75 Å². The van der Waals surface area contributed by atoms with Gasteiger partial charge in [-0.05, 0) is 18.2 Å². The Morgan fingerprint density at radius 3 is 2.50 bits per heavy atom. The molecule has 1 aromatic rings. The second kappa shape index (κ2) is 5.29. The van der Waals surface area contributed by atoms with Crippen LogP contribution in [0.4, 0.5) is 0 Å². The molecule has 0 heterocycles. The number of aromatic hydroxyl groups is 1. The molecule has 1 N–H and O–H groups in total. The van der Waals surface area contributed by atoms with Crippen molar-refractivity contribution in [1.82, 2.24) is 0 Å². The van der Waals surface area contributed by atoms with E-state index < -0.39 is 10.8 Å². The van der Waals surface area contributed by atoms with E-state index in [-0.39, 0.29) is 35.3 Å². The van der Waals surface area contributed by atoms with E-state index in [2.05, 4.69) is 12.6 Å². The average Bonchev–Trinajstić information content (AvgIpc) is 1.94. The molecule has 0 fully saturated rings. The summed E-state index contributed by atoms with van der Waals surface area (Å²) < 4.78 is 10.9. The van der Waals surface area contributed by atoms with Crippen LogP contribution < -0.4 is 29.6 Å². The van der Waals surface area contributed by atoms with Crippen LogP contribution in [0.2, 0.25) is 0 Å². The van der Waals surface area contributed by atoms with Crippen LogP contribution in [0.25, 0.3) is 0 Å². The summed E-state index contributed by atoms with van der Waals surface area (Å²) in [6, 6.07) is 4.76. The maximum atomic E-state index is 10.9. The Kier molecular flexibility index (Phi) is 5.52. The van der Waals surface area contributed by atoms with Crippen molar-refractivity contribution in [2.75, 3.05) is 6.26 Å². The van der Waals surface area contributed by atoms with E-state index in [4.69, 9.17) is 5.11 Å². The summed E-state index contributed by atoms with van der Waals surface area (Å²) in [5, 5.41) is 9.14. The summed E-state index contributed by atoms with van der Waals surface area (Å²) in [6.07, 6.45) is 1.56. The smallest absolute Gasteiger partial charge is 0.507 e. The number of benzene rings is 1. The molecule has 1 unspecified atom stereocenters. The summed E-state index contributed by atoms with van der Waals surface area (Å²) in [6.45, 7) is 0. The third-order valence-electron chi connectivity index (χ3n) is 1.28. The van der Waals surface area contributed by atoms with Crippen LogP contribution in [0.1, 0.15) is 0 Å². The van der Waals surface area contributed by atoms with E-state index in [0.29, 0.717) is 9.79 Å². The summed E-state index contributed by atoms with van der Waals surface area (Å²) in [4.78, 5) is 1.11. The van der Waals surface area contributed by atoms with Gasteiger partial charge in [-0.15, -0.1) is 12.6 Å². The van der Waals surface area contributed by atoms with Crippen molar-refractivity contribution < 1.29 is 38.9 Å². The van der Waals surface area contributed by atoms with E-state index in [1.807, 2.05) is 0 Å². The van der Waals surface area contributed by atoms with Crippen molar-refractivity contribution in [1.29, 1.82) is 0 Å². The Morgan fingerprint density at radius 1 is 1.50 bits per heavy atom. The summed E-state index contributed by atoms with van der Waals surface area (Å²) in [5.74, 6) is 0.0704. The molecular weight excluding hydrogens is 203 g/mol. The second-order valence-corrected chi connectivity index (χ2v) is 3.97. The maximum Gasteiger partial charge on any atom is 1.00 e. The summed E-state index contributed by atoms with van der Waals surface area (Å²) in [7, 11) is -1.04. The summed E-state index contributed by atoms with van der Waals surface area (Å²) >= 11 is 3.96. The van der Waals surface area contributed by atoms with Crippen molar-refractivity contribution in [3.05, 3.63) is 18.2 Å². The van der Waals surface area contributed by atoms with Gasteiger partial charge in [-0.25, -0.2) is 0 Å². The first-order valence-electron chi connectivity index (χ1n) is 2.96. The van der Waals surface area contributed by atoms with Crippen LogP contribution in [-0.2, 0) is 10.8 Å². The minimum absolute atomic E-state index is 0. The largest absolute Gasteiger partial charge is 1.00 e. The number of phenols is 1. The van der Waals surface area contributed by atoms with Crippen molar-refractivity contribution in [3.8, 4) is 5.75 Å². The van der Waals surface area contributed by atoms with Gasteiger partial charge in [0, 0.05) is 26.8 Å². The second-order valence-electron chi connectivity index (χ2n) is 2.10. The fourth-order valence-corrected chi connectivity index (χ4v) is 1.36. The van der Waals surface area contributed by atoms with Crippen molar-refractivity contribution >= 4 is 23.4 Å². The van der Waals surface area contributed by atoms with Gasteiger partial charge in [0.15, 0.2) is 0 Å². The third-order valence-corrected chi connectivity index (χ3v) is 2.57. The van der Waals surface area contributed by atoms with E-state index in [1.165, 1.54) is 6.07 Å². The van der Waals surface area contributed by atoms with Crippen molar-refractivity contribution in [3.63, 3.8) is 0 Å². The molecule has 1 rings (SSSR count). The fourth-order valence-electron chi connectivity index (χ4n) is 0.682. The SMILES string of the molecule is CS(=O)c1ccc(S)c(O)c1.[Na+]. The normalized spacial score (nSPS) is 11.8. The number of hydrogen-bond acceptors (Lipinski definition) is 3. The Labute approximate surface area is 102 Å². The van der Waals surface area contributed by atoms with Gasteiger partial charge in [0.2, 0.25) is 0 Å². The fraction of sp³-hybridized carbons (Fsp3) is 0.143. The number of hydrogen-bond donors (Lipinski definition) is 2. The molecule has 60 valence electrons. The molecule has 0 aliphatic rings. The predicted octanol–water partition coefficient (Wildman–Crippen LogP) is -1.58. The molecular formula is C7H8NaO2S2+. The molecule has 12 heavy (non-hydrogen) atoms. The molecule has 2 nitrogen and oxygen atoms in total. The number of rotatable bonds is 1. The molecule has 0 aliphatic carbocycles. The van der Waals surface area contributed by atoms with E-state index >= 15 is 0 Å². The van der Waals surface area contributed by atoms with Gasteiger partial charge in [0.05, 0.1) is 0 Å². The monoisotopic (exact) mass is 211 g/mol. The van der Waals surface area contributed by atoms with Gasteiger partial charge < -0.3 is 5.11 Å². The van der Waals surface area contributed by atoms with Crippen LogP contribution in [0.15, 0.2) is 28.0 Å². The number of phenolic OH excluding ortho intramolecular Hbond substituents is 1. The maximum absolute atomic E-state index is 10.9. The van der Waals surface area contributed by atoms with Crippen molar-refractivity contribution in [2.45, 2.75) is 9.79 Å². The van der Waals surface area contributed by atoms with Crippen LogP contribution >= 0.6 is 12.6 Å². The molecule has 0 amide bonds. The van der Waals surface area contributed by atoms with Crippen LogP contribution in [0.3, 0.4) is 0 Å². The molecule has 0 bridgehead atoms. The molecule has 0 saturated heterocycles. The number of thiol groups is 1. The molecule has 0 aromatic heterocycles. The first-order chi connectivity index (χ1) is 5.11. The van der Waals surface area contributed by atoms with E-state index in [9.17, 15) is 4.21 Å². The van der Waals surface area contributed by atoms with Crippen molar-refractivity contribution in [2.24, 2.45) is 0 Å². The summed E-state index contributed by atoms with van der Waals surface area (Å²) in [5.41, 5.74) is 0. The molecule has 0 radical (unpaired) electrons. The first kappa shape index (κ1) is 12.5. The van der Waals surface area contributed by atoms with Crippen LogP contribution in [0.5, 0.6) is 5.75 Å². The van der Waals surface area contributed by atoms with Gasteiger partial charge in [-0.2, -0.15) is 0 Å². The molecule has 1 atom stereocenters. The zero-order valence-electron chi connectivity index (χ0n) is 6.94. The topological polar surface area (TPSA) is 37.3 Å². The molecule has 0 spiro atoms. The van der Waals surface area contributed by atoms with Gasteiger partial charge in [-0.1, -0.05) is 0 Å². The standard InChI is InChI=1S/C7H8O2S2.Na/c1-11(9)5-2-3-7(10)6(8)4-5;/h2-4,8,10H,1H3;/q;+1. The Morgan fingerprint density at radius 2 is 2.08 bits per heavy atom.